The molecule has 17 heteroatoms. The minimum Gasteiger partial charge on any atom is -0.497 e. The lowest BCUT2D eigenvalue weighted by Crippen LogP contribution is -2.44. The number of ether oxygens (including phenoxy) is 2. The van der Waals surface area contributed by atoms with Crippen LogP contribution in [0.25, 0.3) is 28.1 Å². The van der Waals surface area contributed by atoms with Crippen LogP contribution < -0.4 is 25.4 Å². The number of alkyl halides is 3. The van der Waals surface area contributed by atoms with Crippen molar-refractivity contribution in [2.75, 3.05) is 63.4 Å². The molecule has 1 aliphatic heterocycles. The average molecular weight is 756 g/mol. The lowest BCUT2D eigenvalue weighted by Gasteiger charge is -2.33. The molecule has 4 aromatic heterocycles. The van der Waals surface area contributed by atoms with Gasteiger partial charge in [0.1, 0.15) is 29.3 Å². The van der Waals surface area contributed by atoms with Crippen LogP contribution in [0.3, 0.4) is 0 Å². The number of imidazole rings is 1. The Hall–Kier alpha value is -5.94. The number of nitrogens with zero attached hydrogens (tertiary/aromatic N) is 8. The number of hydrogen-bond donors (Lipinski definition) is 3. The van der Waals surface area contributed by atoms with Crippen LogP contribution in [-0.2, 0) is 19.3 Å². The second-order valence-electron chi connectivity index (χ2n) is 13.8. The minimum atomic E-state index is -4.59. The van der Waals surface area contributed by atoms with Crippen molar-refractivity contribution in [3.63, 3.8) is 0 Å². The van der Waals surface area contributed by atoms with Gasteiger partial charge >= 0.3 is 12.2 Å². The van der Waals surface area contributed by atoms with Crippen molar-refractivity contribution in [1.29, 1.82) is 0 Å². The lowest BCUT2D eigenvalue weighted by atomic mass is 10.0. The van der Waals surface area contributed by atoms with Crippen LogP contribution in [-0.4, -0.2) is 92.4 Å². The van der Waals surface area contributed by atoms with Gasteiger partial charge in [-0.25, -0.2) is 24.4 Å². The Morgan fingerprint density at radius 2 is 1.71 bits per heavy atom. The molecule has 0 spiro atoms. The predicted molar refractivity (Wildman–Crippen MR) is 202 cm³/mol. The van der Waals surface area contributed by atoms with Gasteiger partial charge in [-0.05, 0) is 61.9 Å². The van der Waals surface area contributed by atoms with Crippen molar-refractivity contribution in [2.24, 2.45) is 0 Å². The number of fused-ring (bicyclic) bond motifs is 2. The molecule has 0 unspecified atom stereocenters. The van der Waals surface area contributed by atoms with Crippen LogP contribution in [0.1, 0.15) is 35.6 Å². The van der Waals surface area contributed by atoms with Gasteiger partial charge in [-0.15, -0.1) is 0 Å². The van der Waals surface area contributed by atoms with E-state index in [0.717, 1.165) is 37.6 Å². The van der Waals surface area contributed by atoms with Crippen LogP contribution in [0, 0.1) is 0 Å². The number of halogens is 3. The largest absolute Gasteiger partial charge is 0.497 e. The predicted octanol–water partition coefficient (Wildman–Crippen LogP) is 6.52. The molecule has 14 nitrogen and oxygen atoms in total. The number of carbonyl (C=O) groups excluding carboxylic acids is 1. The van der Waals surface area contributed by atoms with Gasteiger partial charge in [0.2, 0.25) is 0 Å². The summed E-state index contributed by atoms with van der Waals surface area (Å²) in [4.78, 5) is 31.2. The molecule has 55 heavy (non-hydrogen) atoms. The average Bonchev–Trinajstić information content (AvgIpc) is 3.76. The Balaban J connectivity index is 1.06. The highest BCUT2D eigenvalue weighted by atomic mass is 19.4. The zero-order valence-electron chi connectivity index (χ0n) is 30.5. The molecule has 0 radical (unpaired) electrons. The fourth-order valence-corrected chi connectivity index (χ4v) is 6.93. The highest BCUT2D eigenvalue weighted by molar-refractivity contribution is 6.03. The van der Waals surface area contributed by atoms with Gasteiger partial charge in [0, 0.05) is 69.0 Å². The van der Waals surface area contributed by atoms with E-state index >= 15 is 0 Å². The molecule has 3 N–H and O–H groups in total. The maximum Gasteiger partial charge on any atom is 0.416 e. The van der Waals surface area contributed by atoms with Crippen molar-refractivity contribution in [1.82, 2.24) is 38.9 Å². The number of pyridine rings is 1. The van der Waals surface area contributed by atoms with Gasteiger partial charge in [-0.2, -0.15) is 18.3 Å². The quantitative estimate of drug-likeness (QED) is 0.134. The number of likely N-dealkylation sites (N-methyl/N-ethyl adjacent to an activating group) is 1. The topological polar surface area (TPSA) is 139 Å². The first-order valence-corrected chi connectivity index (χ1v) is 17.9. The first-order chi connectivity index (χ1) is 26.6. The van der Waals surface area contributed by atoms with E-state index in [9.17, 15) is 18.0 Å². The molecular weight excluding hydrogens is 715 g/mol. The third kappa shape index (κ3) is 7.44. The monoisotopic (exact) mass is 755 g/mol. The first-order valence-electron chi connectivity index (χ1n) is 17.9. The zero-order valence-corrected chi connectivity index (χ0v) is 30.5. The Kier molecular flexibility index (Phi) is 9.64. The van der Waals surface area contributed by atoms with E-state index in [0.29, 0.717) is 70.7 Å². The smallest absolute Gasteiger partial charge is 0.416 e. The third-order valence-electron chi connectivity index (χ3n) is 10.0. The van der Waals surface area contributed by atoms with Crippen molar-refractivity contribution < 1.29 is 27.4 Å². The van der Waals surface area contributed by atoms with Gasteiger partial charge < -0.3 is 30.3 Å². The summed E-state index contributed by atoms with van der Waals surface area (Å²) >= 11 is 0. The molecule has 8 rings (SSSR count). The number of nitrogens with one attached hydrogen (secondary N) is 3. The van der Waals surface area contributed by atoms with Crippen LogP contribution in [0.2, 0.25) is 0 Å². The van der Waals surface area contributed by atoms with E-state index in [1.807, 2.05) is 40.9 Å². The van der Waals surface area contributed by atoms with Crippen LogP contribution in [0.4, 0.5) is 35.2 Å². The number of hydrogen-bond acceptors (Lipinski definition) is 10. The Bertz CT molecular complexity index is 2370. The van der Waals surface area contributed by atoms with Gasteiger partial charge in [-0.3, -0.25) is 9.30 Å². The second-order valence-corrected chi connectivity index (χ2v) is 13.8. The number of aromatic nitrogens is 6. The molecule has 1 aliphatic carbocycles. The number of methoxy groups -OCH3 is 2. The van der Waals surface area contributed by atoms with E-state index < -0.39 is 17.8 Å². The zero-order chi connectivity index (χ0) is 38.3. The van der Waals surface area contributed by atoms with Gasteiger partial charge in [0.05, 0.1) is 42.6 Å². The molecule has 1 saturated heterocycles. The van der Waals surface area contributed by atoms with Crippen molar-refractivity contribution in [3.8, 4) is 22.9 Å². The number of amides is 2. The minimum absolute atomic E-state index is 0.0207. The third-order valence-corrected chi connectivity index (χ3v) is 10.0. The van der Waals surface area contributed by atoms with Crippen LogP contribution in [0.5, 0.6) is 11.5 Å². The molecular formula is C38H40F3N11O3. The van der Waals surface area contributed by atoms with E-state index in [2.05, 4.69) is 35.8 Å². The SMILES string of the molecule is COc1ccc(CNc2ncnc3c2c(-c2ccc(NC(=O)Nc4ccc(CN5CCN(C)CC5)c(C(F)(F)F)c4)c4nccn24)nn3C2CC2)c(OC)c1. The summed E-state index contributed by atoms with van der Waals surface area (Å²) in [5.41, 5.74) is 3.03. The Morgan fingerprint density at radius 1 is 0.909 bits per heavy atom. The summed E-state index contributed by atoms with van der Waals surface area (Å²) in [6.07, 6.45) is 2.23. The molecule has 6 aromatic rings. The summed E-state index contributed by atoms with van der Waals surface area (Å²) in [7, 11) is 5.20. The summed E-state index contributed by atoms with van der Waals surface area (Å²) < 4.78 is 57.3. The fourth-order valence-electron chi connectivity index (χ4n) is 6.93. The highest BCUT2D eigenvalue weighted by Crippen LogP contribution is 2.41. The molecule has 286 valence electrons. The summed E-state index contributed by atoms with van der Waals surface area (Å²) in [5, 5.41) is 14.5. The standard InChI is InChI=1S/C38H40F3N11O3/c1-49-14-16-50(17-15-49)21-24-4-6-25(18-28(24)38(39,40)41)46-37(53)47-29-10-11-30(51-13-12-42-35(29)51)33-32-34(44-22-45-36(32)52(48-33)26-7-8-26)43-20-23-5-9-27(54-2)19-31(23)55-3/h4-6,9-13,18-19,22,26H,7-8,14-17,20-21H2,1-3H3,(H,43,44,45)(H2,46,47,53). The molecule has 2 amide bonds. The number of carbonyl (C=O) groups is 1. The molecule has 0 atom stereocenters. The molecule has 0 bridgehead atoms. The van der Waals surface area contributed by atoms with Gasteiger partial charge in [0.15, 0.2) is 11.3 Å². The van der Waals surface area contributed by atoms with Crippen molar-refractivity contribution >= 4 is 39.9 Å². The molecule has 2 aliphatic rings. The van der Waals surface area contributed by atoms with E-state index in [1.165, 1.54) is 18.5 Å². The molecule has 2 aromatic carbocycles. The maximum absolute atomic E-state index is 14.2. The summed E-state index contributed by atoms with van der Waals surface area (Å²) in [6.45, 7) is 3.52. The Morgan fingerprint density at radius 3 is 2.45 bits per heavy atom. The summed E-state index contributed by atoms with van der Waals surface area (Å²) in [6, 6.07) is 12.5. The second kappa shape index (κ2) is 14.7. The Labute approximate surface area is 314 Å². The molecule has 2 fully saturated rings. The van der Waals surface area contributed by atoms with Crippen molar-refractivity contribution in [2.45, 2.75) is 38.1 Å². The van der Waals surface area contributed by atoms with Crippen molar-refractivity contribution in [3.05, 3.63) is 83.9 Å². The van der Waals surface area contributed by atoms with Gasteiger partial charge in [-0.1, -0.05) is 6.07 Å². The van der Waals surface area contributed by atoms with Gasteiger partial charge in [0.25, 0.3) is 0 Å². The highest BCUT2D eigenvalue weighted by Gasteiger charge is 2.35. The van der Waals surface area contributed by atoms with Crippen LogP contribution in [0.15, 0.2) is 67.3 Å². The number of benzene rings is 2. The normalized spacial score (nSPS) is 15.4. The van der Waals surface area contributed by atoms with E-state index in [1.54, 1.807) is 37.1 Å². The lowest BCUT2D eigenvalue weighted by molar-refractivity contribution is -0.138. The number of urea groups is 1. The van der Waals surface area contributed by atoms with E-state index in [4.69, 9.17) is 14.6 Å². The molecule has 5 heterocycles. The van der Waals surface area contributed by atoms with E-state index in [-0.39, 0.29) is 23.8 Å². The number of piperazine rings is 1. The summed E-state index contributed by atoms with van der Waals surface area (Å²) in [5.74, 6) is 1.92. The maximum atomic E-state index is 14.2. The fraction of sp³-hybridized carbons (Fsp3) is 0.342. The molecule has 1 saturated carbocycles. The first kappa shape index (κ1) is 36.1. The number of rotatable bonds is 11. The number of anilines is 3. The van der Waals surface area contributed by atoms with Crippen LogP contribution >= 0.6 is 0 Å².